The number of hydrogen-bond donors (Lipinski definition) is 0. The van der Waals surface area contributed by atoms with Crippen LogP contribution in [0.25, 0.3) is 39.2 Å². The van der Waals surface area contributed by atoms with E-state index in [2.05, 4.69) is 67.6 Å². The smallest absolute Gasteiger partial charge is 0.387 e. The number of nitrogens with zero attached hydrogens (tertiary/aromatic N) is 2. The molecule has 3 heterocycles. The van der Waals surface area contributed by atoms with Gasteiger partial charge in [0.2, 0.25) is 17.0 Å². The second-order valence-electron chi connectivity index (χ2n) is 7.78. The molecule has 0 N–H and O–H groups in total. The van der Waals surface area contributed by atoms with Gasteiger partial charge in [-0.1, -0.05) is 38.1 Å². The van der Waals surface area contributed by atoms with E-state index < -0.39 is 0 Å². The topological polar surface area (TPSA) is 43.0 Å². The summed E-state index contributed by atoms with van der Waals surface area (Å²) in [6.45, 7) is 8.54. The van der Waals surface area contributed by atoms with Gasteiger partial charge in [0.15, 0.2) is 5.76 Å². The molecular weight excluding hydrogens is 360 g/mol. The molecule has 0 aliphatic heterocycles. The van der Waals surface area contributed by atoms with Crippen molar-refractivity contribution in [3.8, 4) is 17.1 Å². The summed E-state index contributed by atoms with van der Waals surface area (Å²) in [5.41, 5.74) is 5.74. The molecule has 0 spiro atoms. The van der Waals surface area contributed by atoms with Crippen LogP contribution in [-0.2, 0) is 0 Å². The maximum Gasteiger partial charge on any atom is 0.387 e. The number of furan rings is 1. The van der Waals surface area contributed by atoms with Crippen LogP contribution in [0.2, 0.25) is 0 Å². The normalized spacial score (nSPS) is 11.8. The van der Waals surface area contributed by atoms with Crippen molar-refractivity contribution in [2.24, 2.45) is 0 Å². The van der Waals surface area contributed by atoms with Crippen LogP contribution in [-0.4, -0.2) is 4.98 Å². The van der Waals surface area contributed by atoms with Crippen molar-refractivity contribution in [1.29, 1.82) is 0 Å². The first-order chi connectivity index (χ1) is 14.1. The van der Waals surface area contributed by atoms with Crippen LogP contribution in [0.4, 0.5) is 0 Å². The summed E-state index contributed by atoms with van der Waals surface area (Å²) in [7, 11) is 0. The third kappa shape index (κ3) is 2.67. The van der Waals surface area contributed by atoms with Gasteiger partial charge in [0.1, 0.15) is 0 Å². The van der Waals surface area contributed by atoms with E-state index in [0.29, 0.717) is 5.71 Å². The van der Waals surface area contributed by atoms with Gasteiger partial charge in [0, 0.05) is 35.4 Å². The van der Waals surface area contributed by atoms with Gasteiger partial charge < -0.3 is 8.83 Å². The number of oxazole rings is 1. The second kappa shape index (κ2) is 6.59. The van der Waals surface area contributed by atoms with Gasteiger partial charge in [0.05, 0.1) is 5.56 Å². The summed E-state index contributed by atoms with van der Waals surface area (Å²) < 4.78 is 14.9. The SMILES string of the molecule is Cc1ccc2c(oc3ncccc32)c1-[n+]1c(-c2ccccc2)oc(C(C)C)c1C. The van der Waals surface area contributed by atoms with Crippen molar-refractivity contribution in [1.82, 2.24) is 4.98 Å². The molecule has 0 bridgehead atoms. The van der Waals surface area contributed by atoms with Crippen molar-refractivity contribution in [2.75, 3.05) is 0 Å². The average molecular weight is 383 g/mol. The van der Waals surface area contributed by atoms with Crippen LogP contribution >= 0.6 is 0 Å². The lowest BCUT2D eigenvalue weighted by atomic mass is 10.1. The standard InChI is InChI=1S/C25H23N2O2/c1-15(2)22-17(4)27(25(29-22)18-9-6-5-7-10-18)21-16(3)12-13-19-20-11-8-14-26-24(20)28-23(19)21/h5-15H,1-4H3/q+1. The second-order valence-corrected chi connectivity index (χ2v) is 7.78. The summed E-state index contributed by atoms with van der Waals surface area (Å²) in [5.74, 6) is 2.07. The lowest BCUT2D eigenvalue weighted by Crippen LogP contribution is -2.35. The Morgan fingerprint density at radius 2 is 1.66 bits per heavy atom. The molecule has 0 atom stereocenters. The van der Waals surface area contributed by atoms with Gasteiger partial charge in [-0.2, -0.15) is 0 Å². The Morgan fingerprint density at radius 1 is 0.862 bits per heavy atom. The Hall–Kier alpha value is -3.40. The largest absolute Gasteiger partial charge is 0.431 e. The van der Waals surface area contributed by atoms with E-state index in [4.69, 9.17) is 8.83 Å². The van der Waals surface area contributed by atoms with Gasteiger partial charge in [-0.15, -0.1) is 4.57 Å². The van der Waals surface area contributed by atoms with Gasteiger partial charge in [-0.05, 0) is 37.3 Å². The summed E-state index contributed by atoms with van der Waals surface area (Å²) in [5, 5.41) is 2.09. The first-order valence-corrected chi connectivity index (χ1v) is 9.94. The van der Waals surface area contributed by atoms with Crippen molar-refractivity contribution < 1.29 is 13.4 Å². The highest BCUT2D eigenvalue weighted by Crippen LogP contribution is 2.34. The molecule has 2 aromatic carbocycles. The van der Waals surface area contributed by atoms with Crippen molar-refractivity contribution in [2.45, 2.75) is 33.6 Å². The molecule has 0 saturated heterocycles. The van der Waals surface area contributed by atoms with E-state index in [-0.39, 0.29) is 5.92 Å². The van der Waals surface area contributed by atoms with Crippen LogP contribution in [0.1, 0.15) is 36.8 Å². The van der Waals surface area contributed by atoms with Gasteiger partial charge in [-0.25, -0.2) is 4.98 Å². The molecule has 3 aromatic heterocycles. The molecule has 0 saturated carbocycles. The molecule has 0 unspecified atom stereocenters. The van der Waals surface area contributed by atoms with E-state index in [0.717, 1.165) is 50.5 Å². The molecular formula is C25H23N2O2+. The van der Waals surface area contributed by atoms with Gasteiger partial charge >= 0.3 is 5.89 Å². The molecule has 4 heteroatoms. The van der Waals surface area contributed by atoms with Crippen molar-refractivity contribution in [3.05, 3.63) is 77.8 Å². The molecule has 4 nitrogen and oxygen atoms in total. The number of fused-ring (bicyclic) bond motifs is 3. The highest BCUT2D eigenvalue weighted by molar-refractivity contribution is 6.06. The first-order valence-electron chi connectivity index (χ1n) is 9.94. The van der Waals surface area contributed by atoms with Crippen LogP contribution in [0, 0.1) is 13.8 Å². The minimum Gasteiger partial charge on any atom is -0.431 e. The Kier molecular flexibility index (Phi) is 4.02. The van der Waals surface area contributed by atoms with E-state index in [9.17, 15) is 0 Å². The monoisotopic (exact) mass is 383 g/mol. The van der Waals surface area contributed by atoms with Gasteiger partial charge in [0.25, 0.3) is 5.69 Å². The van der Waals surface area contributed by atoms with Crippen LogP contribution < -0.4 is 4.57 Å². The Balaban J connectivity index is 1.91. The van der Waals surface area contributed by atoms with Gasteiger partial charge in [-0.3, -0.25) is 0 Å². The average Bonchev–Trinajstić information content (AvgIpc) is 3.27. The third-order valence-corrected chi connectivity index (χ3v) is 5.46. The summed E-state index contributed by atoms with van der Waals surface area (Å²) in [4.78, 5) is 4.42. The zero-order valence-corrected chi connectivity index (χ0v) is 17.1. The summed E-state index contributed by atoms with van der Waals surface area (Å²) in [6.07, 6.45) is 1.76. The number of aromatic nitrogens is 2. The maximum atomic E-state index is 6.43. The minimum atomic E-state index is 0.274. The zero-order chi connectivity index (χ0) is 20.1. The highest BCUT2D eigenvalue weighted by atomic mass is 16.4. The molecule has 0 radical (unpaired) electrons. The molecule has 0 aliphatic rings. The molecule has 29 heavy (non-hydrogen) atoms. The van der Waals surface area contributed by atoms with Crippen LogP contribution in [0.5, 0.6) is 0 Å². The highest BCUT2D eigenvalue weighted by Gasteiger charge is 2.34. The van der Waals surface area contributed by atoms with Crippen LogP contribution in [0.15, 0.2) is 69.6 Å². The quantitative estimate of drug-likeness (QED) is 0.345. The summed E-state index contributed by atoms with van der Waals surface area (Å²) in [6, 6.07) is 18.5. The summed E-state index contributed by atoms with van der Waals surface area (Å²) >= 11 is 0. The Labute approximate surface area is 169 Å². The lowest BCUT2D eigenvalue weighted by Gasteiger charge is -2.03. The van der Waals surface area contributed by atoms with E-state index >= 15 is 0 Å². The Bertz CT molecular complexity index is 1340. The number of benzene rings is 2. The van der Waals surface area contributed by atoms with E-state index in [1.807, 2.05) is 24.3 Å². The van der Waals surface area contributed by atoms with E-state index in [1.54, 1.807) is 6.20 Å². The van der Waals surface area contributed by atoms with Crippen molar-refractivity contribution >= 4 is 22.1 Å². The molecule has 144 valence electrons. The fraction of sp³-hybridized carbons (Fsp3) is 0.200. The molecule has 5 rings (SSSR count). The molecule has 0 fully saturated rings. The fourth-order valence-electron chi connectivity index (χ4n) is 4.10. The Morgan fingerprint density at radius 3 is 2.41 bits per heavy atom. The third-order valence-electron chi connectivity index (χ3n) is 5.46. The number of hydrogen-bond acceptors (Lipinski definition) is 3. The maximum absolute atomic E-state index is 6.43. The molecule has 5 aromatic rings. The number of rotatable bonds is 3. The molecule has 0 amide bonds. The zero-order valence-electron chi connectivity index (χ0n) is 17.1. The minimum absolute atomic E-state index is 0.274. The van der Waals surface area contributed by atoms with E-state index in [1.165, 1.54) is 0 Å². The predicted molar refractivity (Wildman–Crippen MR) is 114 cm³/mol. The fourth-order valence-corrected chi connectivity index (χ4v) is 4.10. The van der Waals surface area contributed by atoms with Crippen LogP contribution in [0.3, 0.4) is 0 Å². The van der Waals surface area contributed by atoms with Crippen molar-refractivity contribution in [3.63, 3.8) is 0 Å². The predicted octanol–water partition coefficient (Wildman–Crippen LogP) is 6.26. The molecule has 0 aliphatic carbocycles. The number of aryl methyl sites for hydroxylation is 1. The lowest BCUT2D eigenvalue weighted by molar-refractivity contribution is -0.592. The first kappa shape index (κ1) is 17.7. The number of pyridine rings is 1.